The molecule has 39 nitrogen and oxygen atoms in total. The summed E-state index contributed by atoms with van der Waals surface area (Å²) in [6.45, 7) is -2.32. The quantitative estimate of drug-likeness (QED) is 0.0269. The number of phosphoric acid groups is 4. The molecule has 0 radical (unpaired) electrons. The van der Waals surface area contributed by atoms with E-state index in [1.807, 2.05) is 0 Å². The number of aryl methyl sites for hydroxylation is 1. The number of aromatic amines is 2. The Morgan fingerprint density at radius 3 is 1.97 bits per heavy atom. The van der Waals surface area contributed by atoms with Gasteiger partial charge in [-0.15, -0.1) is 0 Å². The lowest BCUT2D eigenvalue weighted by atomic mass is 9.96. The molecule has 9 heterocycles. The fraction of sp³-hybridized carbons (Fsp3) is 0.545. The van der Waals surface area contributed by atoms with Crippen LogP contribution in [0, 0.1) is 0 Å². The Morgan fingerprint density at radius 2 is 1.30 bits per heavy atom. The zero-order chi connectivity index (χ0) is 55.2. The molecule has 16 atom stereocenters. The van der Waals surface area contributed by atoms with Gasteiger partial charge in [0.15, 0.2) is 41.4 Å². The van der Waals surface area contributed by atoms with Crippen LogP contribution in [0.3, 0.4) is 0 Å². The maximum absolute atomic E-state index is 13.7. The molecular weight excluding hydrogens is 1110 g/mol. The van der Waals surface area contributed by atoms with E-state index in [1.165, 1.54) is 22.5 Å². The van der Waals surface area contributed by atoms with Gasteiger partial charge in [0, 0.05) is 7.11 Å². The van der Waals surface area contributed by atoms with E-state index in [0.717, 1.165) is 42.1 Å². The molecule has 3 aliphatic heterocycles. The molecule has 76 heavy (non-hydrogen) atoms. The van der Waals surface area contributed by atoms with Crippen molar-refractivity contribution in [2.45, 2.75) is 80.0 Å². The fourth-order valence-electron chi connectivity index (χ4n) is 8.55. The van der Waals surface area contributed by atoms with Crippen molar-refractivity contribution in [3.05, 3.63) is 46.0 Å². The predicted molar refractivity (Wildman–Crippen MR) is 244 cm³/mol. The molecule has 3 aliphatic rings. The van der Waals surface area contributed by atoms with Crippen molar-refractivity contribution in [3.8, 4) is 0 Å². The van der Waals surface area contributed by atoms with E-state index < -0.39 is 135 Å². The van der Waals surface area contributed by atoms with Crippen LogP contribution in [0.15, 0.2) is 34.9 Å². The molecule has 6 aromatic heterocycles. The molecule has 3 saturated heterocycles. The number of hydrogen-bond donors (Lipinski definition) is 13. The highest BCUT2D eigenvalue weighted by atomic mass is 31.3. The van der Waals surface area contributed by atoms with Crippen LogP contribution in [0.5, 0.6) is 0 Å². The van der Waals surface area contributed by atoms with Gasteiger partial charge in [-0.1, -0.05) is 4.98 Å². The molecule has 43 heteroatoms. The lowest BCUT2D eigenvalue weighted by Gasteiger charge is -2.26. The molecule has 0 bridgehead atoms. The first-order valence-corrected chi connectivity index (χ1v) is 27.5. The van der Waals surface area contributed by atoms with E-state index >= 15 is 0 Å². The van der Waals surface area contributed by atoms with Crippen LogP contribution in [0.25, 0.3) is 33.5 Å². The fourth-order valence-corrected chi connectivity index (χ4v) is 13.0. The SMILES string of the molecule is COC1[C@@H](OP(=O)(O)OC[C@H]2O[C@@H](n3cnc4c(=O)[nH]c(N)nc43)C(O)[C@H]2O)[C@@H](COP(=O)(O)OP(=O)(O)OP(=O)(O)OC[C@H]2O[C@@H]([n+]3cn(C)c4c(=O)[nH]c(N)nc43)[C@](C)(O)C2O)O[C@H]1n1cnc2c(N)ncnc21. The van der Waals surface area contributed by atoms with Gasteiger partial charge in [-0.25, -0.2) is 42.8 Å². The number of aromatic nitrogens is 12. The number of anilines is 3. The van der Waals surface area contributed by atoms with Crippen LogP contribution in [0.4, 0.5) is 17.7 Å². The number of hydrogen-bond acceptors (Lipinski definition) is 29. The zero-order valence-electron chi connectivity index (χ0n) is 38.9. The second kappa shape index (κ2) is 20.3. The van der Waals surface area contributed by atoms with Gasteiger partial charge in [0.05, 0.1) is 39.5 Å². The zero-order valence-corrected chi connectivity index (χ0v) is 42.5. The van der Waals surface area contributed by atoms with Crippen LogP contribution in [-0.2, 0) is 71.0 Å². The average molecular weight is 1160 g/mol. The second-order valence-electron chi connectivity index (χ2n) is 17.1. The molecule has 0 aromatic carbocycles. The van der Waals surface area contributed by atoms with Crippen LogP contribution < -0.4 is 32.9 Å². The lowest BCUT2D eigenvalue weighted by molar-refractivity contribution is -0.752. The average Bonchev–Trinajstić information content (AvgIpc) is 4.16. The molecule has 0 aliphatic carbocycles. The van der Waals surface area contributed by atoms with E-state index in [2.05, 4.69) is 48.5 Å². The number of nitrogen functional groups attached to an aromatic ring is 3. The Balaban J connectivity index is 0.867. The smallest absolute Gasteiger partial charge is 0.387 e. The molecule has 16 N–H and O–H groups in total. The van der Waals surface area contributed by atoms with Crippen molar-refractivity contribution in [2.24, 2.45) is 7.05 Å². The summed E-state index contributed by atoms with van der Waals surface area (Å²) in [5, 5.41) is 43.9. The number of nitrogens with one attached hydrogen (secondary N) is 2. The highest BCUT2D eigenvalue weighted by Gasteiger charge is 2.57. The highest BCUT2D eigenvalue weighted by Crippen LogP contribution is 2.68. The van der Waals surface area contributed by atoms with Gasteiger partial charge in [-0.05, 0) is 6.92 Å². The Labute approximate surface area is 421 Å². The molecule has 3 fully saturated rings. The van der Waals surface area contributed by atoms with Crippen LogP contribution in [0.1, 0.15) is 25.6 Å². The van der Waals surface area contributed by atoms with Crippen LogP contribution in [-0.4, -0.2) is 175 Å². The standard InChI is InChI=1S/C33H45N15O24P4/c1-33(54)21(51)13(69-30(33)48-10-45(2)16-25(48)42-32(36)44-27(16)53)6-66-75(59,60)72-76(61,62)71-74(57,58)65-5-12-19(20(63-3)29(68-12)46-8-39-14-22(34)37-7-38-23(14)46)70-73(55,56)64-4-11-17(49)18(50)28(67-11)47-9-40-15-24(47)41-31(35)43-26(15)52/h7-13,17-21,28-30,49-51,54H,4-6H2,1-3H3,(H11-,34,35,36,37,38,41,42,43,44,52,53,55,56,57,58,59,60,61,62)/p+1/t11-,12-,13-,17+,18?,19+,20?,21?,28-,29-,30-,33-/m1/s1. The van der Waals surface area contributed by atoms with E-state index in [4.69, 9.17) is 54.2 Å². The summed E-state index contributed by atoms with van der Waals surface area (Å²) in [6, 6.07) is 0. The van der Waals surface area contributed by atoms with E-state index in [-0.39, 0.29) is 51.2 Å². The second-order valence-corrected chi connectivity index (χ2v) is 23.2. The van der Waals surface area contributed by atoms with Crippen LogP contribution >= 0.6 is 31.3 Å². The minimum atomic E-state index is -6.22. The van der Waals surface area contributed by atoms with Gasteiger partial charge in [-0.3, -0.25) is 51.4 Å². The number of H-pyrrole nitrogens is 2. The summed E-state index contributed by atoms with van der Waals surface area (Å²) in [5.41, 5.74) is 13.2. The summed E-state index contributed by atoms with van der Waals surface area (Å²) < 4.78 is 109. The number of phosphoric ester groups is 3. The van der Waals surface area contributed by atoms with Crippen molar-refractivity contribution >= 4 is 82.5 Å². The first-order valence-electron chi connectivity index (χ1n) is 21.5. The predicted octanol–water partition coefficient (Wildman–Crippen LogP) is -4.32. The van der Waals surface area contributed by atoms with Crippen molar-refractivity contribution in [2.75, 3.05) is 44.1 Å². The summed E-state index contributed by atoms with van der Waals surface area (Å²) in [4.78, 5) is 95.9. The Hall–Kier alpha value is -5.15. The Morgan fingerprint density at radius 1 is 0.724 bits per heavy atom. The molecular formula is C33H46N15O24P4+. The topological polar surface area (TPSA) is 562 Å². The molecule has 0 amide bonds. The first-order chi connectivity index (χ1) is 35.5. The summed E-state index contributed by atoms with van der Waals surface area (Å²) in [7, 11) is -21.0. The largest absolute Gasteiger partial charge is 0.490 e. The number of methoxy groups -OCH3 is 1. The number of imidazole rings is 3. The lowest BCUT2D eigenvalue weighted by Crippen LogP contribution is -2.53. The monoisotopic (exact) mass is 1160 g/mol. The molecule has 416 valence electrons. The van der Waals surface area contributed by atoms with E-state index in [1.54, 1.807) is 0 Å². The maximum Gasteiger partial charge on any atom is 0.490 e. The van der Waals surface area contributed by atoms with E-state index in [0.29, 0.717) is 0 Å². The number of fused-ring (bicyclic) bond motifs is 3. The van der Waals surface area contributed by atoms with E-state index in [9.17, 15) is 67.8 Å². The maximum atomic E-state index is 13.7. The molecule has 0 saturated carbocycles. The Bertz CT molecular complexity index is 3520. The number of nitrogens with two attached hydrogens (primary N) is 3. The van der Waals surface area contributed by atoms with Gasteiger partial charge in [0.2, 0.25) is 17.7 Å². The normalized spacial score (nSPS) is 31.2. The van der Waals surface area contributed by atoms with Crippen LogP contribution in [0.2, 0.25) is 0 Å². The third kappa shape index (κ3) is 10.7. The van der Waals surface area contributed by atoms with Crippen molar-refractivity contribution in [3.63, 3.8) is 0 Å². The molecule has 0 spiro atoms. The number of ether oxygens (including phenoxy) is 4. The Kier molecular flexibility index (Phi) is 14.8. The molecule has 6 aromatic rings. The third-order valence-electron chi connectivity index (χ3n) is 12.0. The van der Waals surface area contributed by atoms with Crippen molar-refractivity contribution in [1.29, 1.82) is 0 Å². The van der Waals surface area contributed by atoms with Gasteiger partial charge >= 0.3 is 36.9 Å². The van der Waals surface area contributed by atoms with Gasteiger partial charge < -0.3 is 76.1 Å². The summed E-state index contributed by atoms with van der Waals surface area (Å²) in [6.07, 6.45) is -14.1. The minimum Gasteiger partial charge on any atom is -0.387 e. The molecule has 7 unspecified atom stereocenters. The van der Waals surface area contributed by atoms with Crippen molar-refractivity contribution < 1.29 is 108 Å². The highest BCUT2D eigenvalue weighted by molar-refractivity contribution is 7.66. The van der Waals surface area contributed by atoms with Gasteiger partial charge in [0.1, 0.15) is 66.3 Å². The van der Waals surface area contributed by atoms with Gasteiger partial charge in [0.25, 0.3) is 17.1 Å². The summed E-state index contributed by atoms with van der Waals surface area (Å²) in [5.74, 6) is -0.721. The number of nitrogens with zero attached hydrogens (tertiary/aromatic N) is 10. The number of rotatable bonds is 19. The minimum absolute atomic E-state index is 0.00532. The number of aliphatic hydroxyl groups excluding tert-OH is 3. The first kappa shape index (κ1) is 55.6. The molecule has 9 rings (SSSR count). The third-order valence-corrected chi connectivity index (χ3v) is 17.2. The number of aliphatic hydroxyl groups is 4. The summed E-state index contributed by atoms with van der Waals surface area (Å²) >= 11 is 0. The van der Waals surface area contributed by atoms with Gasteiger partial charge in [-0.2, -0.15) is 13.6 Å². The van der Waals surface area contributed by atoms with Crippen molar-refractivity contribution in [1.82, 2.24) is 53.6 Å².